The summed E-state index contributed by atoms with van der Waals surface area (Å²) in [4.78, 5) is 14.7. The monoisotopic (exact) mass is 213 g/mol. The minimum absolute atomic E-state index is 0.563. The molecule has 0 radical (unpaired) electrons. The van der Waals surface area contributed by atoms with Crippen LogP contribution in [-0.4, -0.2) is 11.0 Å². The third-order valence-corrected chi connectivity index (χ3v) is 2.14. The van der Waals surface area contributed by atoms with Crippen molar-refractivity contribution in [2.45, 2.75) is 0 Å². The van der Waals surface area contributed by atoms with Gasteiger partial charge < -0.3 is 11.1 Å². The number of carbonyl (C=O) groups excluding carboxylic acids is 1. The minimum atomic E-state index is -0.563. The van der Waals surface area contributed by atoms with Crippen molar-refractivity contribution in [3.05, 3.63) is 48.8 Å². The van der Waals surface area contributed by atoms with Gasteiger partial charge in [-0.25, -0.2) is 4.79 Å². The van der Waals surface area contributed by atoms with E-state index in [4.69, 9.17) is 5.73 Å². The van der Waals surface area contributed by atoms with Gasteiger partial charge in [0.15, 0.2) is 0 Å². The van der Waals surface area contributed by atoms with E-state index in [1.807, 2.05) is 30.3 Å². The molecule has 0 bridgehead atoms. The van der Waals surface area contributed by atoms with Crippen molar-refractivity contribution in [1.29, 1.82) is 0 Å². The number of aromatic nitrogens is 1. The van der Waals surface area contributed by atoms with E-state index in [-0.39, 0.29) is 0 Å². The van der Waals surface area contributed by atoms with Crippen LogP contribution in [0.5, 0.6) is 0 Å². The largest absolute Gasteiger partial charge is 0.351 e. The lowest BCUT2D eigenvalue weighted by atomic mass is 10.1. The van der Waals surface area contributed by atoms with Gasteiger partial charge in [0.1, 0.15) is 0 Å². The Morgan fingerprint density at radius 1 is 1.12 bits per heavy atom. The lowest BCUT2D eigenvalue weighted by Crippen LogP contribution is -2.19. The molecular formula is C12H11N3O. The summed E-state index contributed by atoms with van der Waals surface area (Å²) in [6, 6.07) is 10.7. The van der Waals surface area contributed by atoms with Crippen LogP contribution < -0.4 is 11.1 Å². The van der Waals surface area contributed by atoms with E-state index in [1.165, 1.54) is 0 Å². The number of anilines is 1. The number of carbonyl (C=O) groups is 1. The van der Waals surface area contributed by atoms with Crippen LogP contribution in [0.15, 0.2) is 48.8 Å². The molecule has 0 unspecified atom stereocenters. The second-order valence-corrected chi connectivity index (χ2v) is 3.31. The van der Waals surface area contributed by atoms with E-state index in [9.17, 15) is 4.79 Å². The van der Waals surface area contributed by atoms with Crippen LogP contribution in [0.25, 0.3) is 11.1 Å². The van der Waals surface area contributed by atoms with Gasteiger partial charge in [0.25, 0.3) is 0 Å². The summed E-state index contributed by atoms with van der Waals surface area (Å²) in [5.74, 6) is 0. The topological polar surface area (TPSA) is 68.0 Å². The molecular weight excluding hydrogens is 202 g/mol. The van der Waals surface area contributed by atoms with Crippen LogP contribution in [0.2, 0.25) is 0 Å². The Bertz CT molecular complexity index is 497. The van der Waals surface area contributed by atoms with Crippen molar-refractivity contribution < 1.29 is 4.79 Å². The number of nitrogens with zero attached hydrogens (tertiary/aromatic N) is 1. The number of pyridine rings is 1. The van der Waals surface area contributed by atoms with E-state index in [1.54, 1.807) is 18.5 Å². The number of amides is 2. The van der Waals surface area contributed by atoms with Crippen LogP contribution in [-0.2, 0) is 0 Å². The summed E-state index contributed by atoms with van der Waals surface area (Å²) in [7, 11) is 0. The normalized spacial score (nSPS) is 9.75. The second-order valence-electron chi connectivity index (χ2n) is 3.31. The first-order chi connectivity index (χ1) is 7.75. The Kier molecular flexibility index (Phi) is 2.82. The van der Waals surface area contributed by atoms with Gasteiger partial charge in [-0.2, -0.15) is 0 Å². The Balaban J connectivity index is 2.33. The highest BCUT2D eigenvalue weighted by Gasteiger charge is 1.99. The van der Waals surface area contributed by atoms with Crippen molar-refractivity contribution in [2.75, 3.05) is 5.32 Å². The predicted octanol–water partition coefficient (Wildman–Crippen LogP) is 2.24. The molecule has 0 fully saturated rings. The predicted molar refractivity (Wildman–Crippen MR) is 62.9 cm³/mol. The Hall–Kier alpha value is -2.36. The lowest BCUT2D eigenvalue weighted by molar-refractivity contribution is 0.259. The number of primary amides is 1. The van der Waals surface area contributed by atoms with Gasteiger partial charge >= 0.3 is 6.03 Å². The molecule has 2 rings (SSSR count). The summed E-state index contributed by atoms with van der Waals surface area (Å²) in [5.41, 5.74) is 7.79. The molecule has 0 aliphatic carbocycles. The van der Waals surface area contributed by atoms with Crippen molar-refractivity contribution in [3.8, 4) is 11.1 Å². The second kappa shape index (κ2) is 4.44. The molecule has 0 atom stereocenters. The smallest absolute Gasteiger partial charge is 0.316 e. The zero-order valence-electron chi connectivity index (χ0n) is 8.55. The summed E-state index contributed by atoms with van der Waals surface area (Å²) in [6.07, 6.45) is 3.45. The van der Waals surface area contributed by atoms with Crippen molar-refractivity contribution in [3.63, 3.8) is 0 Å². The molecule has 0 spiro atoms. The number of rotatable bonds is 2. The summed E-state index contributed by atoms with van der Waals surface area (Å²) in [6.45, 7) is 0. The van der Waals surface area contributed by atoms with Gasteiger partial charge in [0, 0.05) is 18.1 Å². The minimum Gasteiger partial charge on any atom is -0.351 e. The molecule has 1 aromatic carbocycles. The fraction of sp³-hybridized carbons (Fsp3) is 0. The maximum Gasteiger partial charge on any atom is 0.316 e. The fourth-order valence-corrected chi connectivity index (χ4v) is 1.46. The van der Waals surface area contributed by atoms with Gasteiger partial charge in [-0.05, 0) is 35.4 Å². The average molecular weight is 213 g/mol. The highest BCUT2D eigenvalue weighted by Crippen LogP contribution is 2.21. The number of hydrogen-bond acceptors (Lipinski definition) is 2. The number of nitrogens with one attached hydrogen (secondary N) is 1. The molecule has 1 heterocycles. The zero-order valence-corrected chi connectivity index (χ0v) is 8.55. The molecule has 2 aromatic rings. The van der Waals surface area contributed by atoms with Crippen molar-refractivity contribution in [2.24, 2.45) is 5.73 Å². The Labute approximate surface area is 93.1 Å². The van der Waals surface area contributed by atoms with E-state index in [0.29, 0.717) is 5.69 Å². The van der Waals surface area contributed by atoms with E-state index in [0.717, 1.165) is 11.1 Å². The first-order valence-electron chi connectivity index (χ1n) is 4.82. The average Bonchev–Trinajstić information content (AvgIpc) is 2.30. The maximum absolute atomic E-state index is 10.7. The van der Waals surface area contributed by atoms with Crippen molar-refractivity contribution in [1.82, 2.24) is 4.98 Å². The summed E-state index contributed by atoms with van der Waals surface area (Å²) < 4.78 is 0. The van der Waals surface area contributed by atoms with Crippen LogP contribution in [0, 0.1) is 0 Å². The van der Waals surface area contributed by atoms with Gasteiger partial charge in [-0.3, -0.25) is 4.98 Å². The molecule has 2 amide bonds. The Morgan fingerprint density at radius 2 is 1.88 bits per heavy atom. The van der Waals surface area contributed by atoms with Gasteiger partial charge in [-0.15, -0.1) is 0 Å². The number of hydrogen-bond donors (Lipinski definition) is 2. The third kappa shape index (κ3) is 2.36. The van der Waals surface area contributed by atoms with Gasteiger partial charge in [0.05, 0.1) is 0 Å². The Morgan fingerprint density at radius 3 is 2.56 bits per heavy atom. The first-order valence-corrected chi connectivity index (χ1v) is 4.82. The molecule has 0 saturated carbocycles. The van der Waals surface area contributed by atoms with Crippen LogP contribution in [0.3, 0.4) is 0 Å². The van der Waals surface area contributed by atoms with Crippen LogP contribution in [0.4, 0.5) is 10.5 Å². The number of benzene rings is 1. The zero-order chi connectivity index (χ0) is 11.4. The summed E-state index contributed by atoms with van der Waals surface area (Å²) in [5, 5.41) is 2.54. The highest BCUT2D eigenvalue weighted by molar-refractivity contribution is 5.88. The molecule has 4 nitrogen and oxygen atoms in total. The first kappa shape index (κ1) is 10.2. The lowest BCUT2D eigenvalue weighted by Gasteiger charge is -2.05. The molecule has 16 heavy (non-hydrogen) atoms. The molecule has 3 N–H and O–H groups in total. The van der Waals surface area contributed by atoms with Gasteiger partial charge in [-0.1, -0.05) is 12.1 Å². The number of nitrogens with two attached hydrogens (primary N) is 1. The molecule has 1 aromatic heterocycles. The SMILES string of the molecule is NC(=O)Nc1cccc(-c2ccncc2)c1. The maximum atomic E-state index is 10.7. The van der Waals surface area contributed by atoms with Crippen molar-refractivity contribution >= 4 is 11.7 Å². The molecule has 0 saturated heterocycles. The van der Waals surface area contributed by atoms with E-state index >= 15 is 0 Å². The third-order valence-electron chi connectivity index (χ3n) is 2.14. The molecule has 4 heteroatoms. The highest BCUT2D eigenvalue weighted by atomic mass is 16.2. The fourth-order valence-electron chi connectivity index (χ4n) is 1.46. The molecule has 0 aliphatic heterocycles. The van der Waals surface area contributed by atoms with E-state index < -0.39 is 6.03 Å². The number of urea groups is 1. The van der Waals surface area contributed by atoms with Crippen LogP contribution >= 0.6 is 0 Å². The molecule has 80 valence electrons. The quantitative estimate of drug-likeness (QED) is 0.803. The standard InChI is InChI=1S/C12H11N3O/c13-12(16)15-11-3-1-2-10(8-11)9-4-6-14-7-5-9/h1-8H,(H3,13,15,16). The van der Waals surface area contributed by atoms with Crippen LogP contribution in [0.1, 0.15) is 0 Å². The summed E-state index contributed by atoms with van der Waals surface area (Å²) >= 11 is 0. The van der Waals surface area contributed by atoms with E-state index in [2.05, 4.69) is 10.3 Å². The van der Waals surface area contributed by atoms with Gasteiger partial charge in [0.2, 0.25) is 0 Å². The molecule has 0 aliphatic rings.